The number of para-hydroxylation sites is 1. The molecule has 1 aliphatic rings. The van der Waals surface area contributed by atoms with Crippen LogP contribution in [-0.4, -0.2) is 11.5 Å². The van der Waals surface area contributed by atoms with E-state index in [1.54, 1.807) is 18.2 Å². The molecule has 0 amide bonds. The van der Waals surface area contributed by atoms with Crippen molar-refractivity contribution in [1.29, 1.82) is 0 Å². The number of nitro groups is 1. The molecule has 0 aliphatic heterocycles. The molecule has 3 N–H and O–H groups in total. The third kappa shape index (κ3) is 2.33. The van der Waals surface area contributed by atoms with Gasteiger partial charge in [-0.05, 0) is 29.9 Å². The fraction of sp³-hybridized carbons (Fsp3) is 0.500. The quantitative estimate of drug-likeness (QED) is 0.477. The summed E-state index contributed by atoms with van der Waals surface area (Å²) in [6, 6.07) is 4.97. The van der Waals surface area contributed by atoms with Crippen LogP contribution in [0, 0.1) is 21.4 Å². The number of nitrogens with zero attached hydrogens (tertiary/aromatic N) is 1. The number of nitrogens with one attached hydrogen (secondary N) is 1. The number of hydrogen-bond donors (Lipinski definition) is 2. The molecule has 1 aromatic carbocycles. The van der Waals surface area contributed by atoms with E-state index in [0.717, 1.165) is 13.0 Å². The maximum absolute atomic E-state index is 10.9. The maximum Gasteiger partial charge on any atom is 0.314 e. The number of nitrogen functional groups attached to an aromatic ring is 1. The number of hydrogen-bond acceptors (Lipinski definition) is 4. The molecule has 0 heterocycles. The van der Waals surface area contributed by atoms with Gasteiger partial charge in [-0.25, -0.2) is 0 Å². The van der Waals surface area contributed by atoms with E-state index in [4.69, 9.17) is 5.73 Å². The van der Waals surface area contributed by atoms with Gasteiger partial charge in [-0.3, -0.25) is 10.1 Å². The number of nitrogens with two attached hydrogens (primary N) is 1. The summed E-state index contributed by atoms with van der Waals surface area (Å²) in [5, 5.41) is 14.0. The van der Waals surface area contributed by atoms with Gasteiger partial charge in [-0.1, -0.05) is 19.9 Å². The van der Waals surface area contributed by atoms with Crippen molar-refractivity contribution in [2.45, 2.75) is 20.3 Å². The minimum Gasteiger partial charge on any atom is -0.393 e. The van der Waals surface area contributed by atoms with Gasteiger partial charge in [0.15, 0.2) is 0 Å². The summed E-state index contributed by atoms with van der Waals surface area (Å²) in [4.78, 5) is 10.5. The minimum atomic E-state index is -0.435. The Balaban J connectivity index is 2.10. The Morgan fingerprint density at radius 2 is 2.24 bits per heavy atom. The monoisotopic (exact) mass is 235 g/mol. The lowest BCUT2D eigenvalue weighted by Crippen LogP contribution is -2.09. The van der Waals surface area contributed by atoms with Crippen LogP contribution in [0.4, 0.5) is 17.1 Å². The van der Waals surface area contributed by atoms with Crippen LogP contribution in [0.15, 0.2) is 18.2 Å². The zero-order valence-electron chi connectivity index (χ0n) is 10.1. The van der Waals surface area contributed by atoms with Gasteiger partial charge in [-0.15, -0.1) is 0 Å². The van der Waals surface area contributed by atoms with Crippen molar-refractivity contribution in [2.75, 3.05) is 17.6 Å². The van der Waals surface area contributed by atoms with E-state index < -0.39 is 4.92 Å². The average Bonchev–Trinajstić information content (AvgIpc) is 2.83. The van der Waals surface area contributed by atoms with E-state index in [-0.39, 0.29) is 11.4 Å². The topological polar surface area (TPSA) is 81.2 Å². The van der Waals surface area contributed by atoms with Gasteiger partial charge in [0.25, 0.3) is 0 Å². The summed E-state index contributed by atoms with van der Waals surface area (Å²) in [7, 11) is 0. The molecular formula is C12H17N3O2. The summed E-state index contributed by atoms with van der Waals surface area (Å²) < 4.78 is 0. The molecule has 17 heavy (non-hydrogen) atoms. The van der Waals surface area contributed by atoms with Crippen LogP contribution >= 0.6 is 0 Å². The van der Waals surface area contributed by atoms with E-state index in [9.17, 15) is 10.1 Å². The first-order valence-electron chi connectivity index (χ1n) is 5.68. The molecule has 1 unspecified atom stereocenters. The highest BCUT2D eigenvalue weighted by atomic mass is 16.6. The van der Waals surface area contributed by atoms with Crippen molar-refractivity contribution >= 4 is 17.1 Å². The van der Waals surface area contributed by atoms with Crippen LogP contribution in [0.5, 0.6) is 0 Å². The summed E-state index contributed by atoms with van der Waals surface area (Å²) in [6.45, 7) is 5.16. The van der Waals surface area contributed by atoms with Gasteiger partial charge in [0, 0.05) is 6.54 Å². The van der Waals surface area contributed by atoms with Crippen molar-refractivity contribution in [2.24, 2.45) is 11.3 Å². The summed E-state index contributed by atoms with van der Waals surface area (Å²) in [6.07, 6.45) is 1.16. The normalized spacial score (nSPS) is 20.9. The van der Waals surface area contributed by atoms with E-state index in [1.807, 2.05) is 0 Å². The van der Waals surface area contributed by atoms with E-state index >= 15 is 0 Å². The number of nitro benzene ring substituents is 1. The Kier molecular flexibility index (Phi) is 2.69. The molecule has 5 nitrogen and oxygen atoms in total. The third-order valence-corrected chi connectivity index (χ3v) is 3.51. The Bertz CT molecular complexity index is 457. The van der Waals surface area contributed by atoms with E-state index in [1.165, 1.54) is 0 Å². The Morgan fingerprint density at radius 1 is 1.59 bits per heavy atom. The molecule has 1 aliphatic carbocycles. The van der Waals surface area contributed by atoms with Crippen LogP contribution in [0.3, 0.4) is 0 Å². The van der Waals surface area contributed by atoms with Crippen LogP contribution in [0.25, 0.3) is 0 Å². The molecule has 1 saturated carbocycles. The van der Waals surface area contributed by atoms with Crippen molar-refractivity contribution in [3.8, 4) is 0 Å². The Hall–Kier alpha value is -1.78. The summed E-state index contributed by atoms with van der Waals surface area (Å²) in [5.41, 5.74) is 6.67. The predicted octanol–water partition coefficient (Wildman–Crippen LogP) is 2.63. The average molecular weight is 235 g/mol. The van der Waals surface area contributed by atoms with E-state index in [0.29, 0.717) is 17.0 Å². The molecule has 0 aromatic heterocycles. The van der Waals surface area contributed by atoms with Gasteiger partial charge in [0.1, 0.15) is 11.4 Å². The lowest BCUT2D eigenvalue weighted by molar-refractivity contribution is -0.383. The third-order valence-electron chi connectivity index (χ3n) is 3.51. The van der Waals surface area contributed by atoms with Gasteiger partial charge in [0.2, 0.25) is 0 Å². The molecule has 1 atom stereocenters. The second-order valence-corrected chi connectivity index (χ2v) is 5.27. The fourth-order valence-electron chi connectivity index (χ4n) is 2.07. The van der Waals surface area contributed by atoms with Gasteiger partial charge < -0.3 is 11.1 Å². The van der Waals surface area contributed by atoms with Gasteiger partial charge >= 0.3 is 5.69 Å². The first-order valence-corrected chi connectivity index (χ1v) is 5.68. The highest BCUT2D eigenvalue weighted by molar-refractivity contribution is 5.74. The zero-order chi connectivity index (χ0) is 12.6. The maximum atomic E-state index is 10.9. The number of benzene rings is 1. The molecular weight excluding hydrogens is 218 g/mol. The van der Waals surface area contributed by atoms with Gasteiger partial charge in [-0.2, -0.15) is 0 Å². The van der Waals surface area contributed by atoms with Crippen LogP contribution in [-0.2, 0) is 0 Å². The second-order valence-electron chi connectivity index (χ2n) is 5.27. The van der Waals surface area contributed by atoms with Crippen LogP contribution in [0.2, 0.25) is 0 Å². The number of anilines is 2. The Morgan fingerprint density at radius 3 is 2.76 bits per heavy atom. The molecule has 0 saturated heterocycles. The minimum absolute atomic E-state index is 0.0223. The fourth-order valence-corrected chi connectivity index (χ4v) is 2.07. The van der Waals surface area contributed by atoms with Crippen molar-refractivity contribution in [1.82, 2.24) is 0 Å². The molecule has 0 spiro atoms. The first kappa shape index (κ1) is 11.7. The first-order chi connectivity index (χ1) is 7.92. The molecule has 0 radical (unpaired) electrons. The Labute approximate surface area is 100 Å². The van der Waals surface area contributed by atoms with Crippen molar-refractivity contribution in [3.63, 3.8) is 0 Å². The standard InChI is InChI=1S/C12H17N3O2/c1-12(2)6-8(12)7-14-10-5-3-4-9(13)11(10)15(16)17/h3-5,8,14H,6-7,13H2,1-2H3. The van der Waals surface area contributed by atoms with Crippen LogP contribution < -0.4 is 11.1 Å². The molecule has 5 heteroatoms. The second kappa shape index (κ2) is 3.91. The lowest BCUT2D eigenvalue weighted by Gasteiger charge is -2.09. The summed E-state index contributed by atoms with van der Waals surface area (Å²) >= 11 is 0. The SMILES string of the molecule is CC1(C)CC1CNc1cccc(N)c1[N+](=O)[O-]. The van der Waals surface area contributed by atoms with Gasteiger partial charge in [0.05, 0.1) is 4.92 Å². The highest BCUT2D eigenvalue weighted by Crippen LogP contribution is 2.51. The highest BCUT2D eigenvalue weighted by Gasteiger charge is 2.45. The summed E-state index contributed by atoms with van der Waals surface area (Å²) in [5.74, 6) is 0.587. The molecule has 2 rings (SSSR count). The molecule has 0 bridgehead atoms. The number of rotatable bonds is 4. The smallest absolute Gasteiger partial charge is 0.314 e. The van der Waals surface area contributed by atoms with E-state index in [2.05, 4.69) is 19.2 Å². The van der Waals surface area contributed by atoms with Crippen LogP contribution in [0.1, 0.15) is 20.3 Å². The van der Waals surface area contributed by atoms with Crippen molar-refractivity contribution < 1.29 is 4.92 Å². The lowest BCUT2D eigenvalue weighted by atomic mass is 10.1. The zero-order valence-corrected chi connectivity index (χ0v) is 10.1. The predicted molar refractivity (Wildman–Crippen MR) is 67.9 cm³/mol. The van der Waals surface area contributed by atoms with Crippen molar-refractivity contribution in [3.05, 3.63) is 28.3 Å². The largest absolute Gasteiger partial charge is 0.393 e. The molecule has 1 fully saturated rings. The molecule has 92 valence electrons. The molecule has 1 aromatic rings.